The fourth-order valence-corrected chi connectivity index (χ4v) is 2.61. The first-order valence-electron chi connectivity index (χ1n) is 6.87. The van der Waals surface area contributed by atoms with Gasteiger partial charge in [0.15, 0.2) is 0 Å². The van der Waals surface area contributed by atoms with Crippen molar-refractivity contribution in [2.24, 2.45) is 0 Å². The zero-order valence-corrected chi connectivity index (χ0v) is 12.8. The lowest BCUT2D eigenvalue weighted by Gasteiger charge is -2.36. The molecular formula is C14H18ClN3O3. The van der Waals surface area contributed by atoms with Gasteiger partial charge in [-0.3, -0.25) is 19.8 Å². The lowest BCUT2D eigenvalue weighted by atomic mass is 10.1. The summed E-state index contributed by atoms with van der Waals surface area (Å²) in [6, 6.07) is 4.59. The third kappa shape index (κ3) is 3.51. The van der Waals surface area contributed by atoms with Crippen LogP contribution < -0.4 is 0 Å². The fraction of sp³-hybridized carbons (Fsp3) is 0.500. The number of halogens is 1. The molecule has 1 aliphatic heterocycles. The van der Waals surface area contributed by atoms with Crippen LogP contribution in [0.2, 0.25) is 5.02 Å². The number of carbonyl (C=O) groups is 1. The van der Waals surface area contributed by atoms with Gasteiger partial charge >= 0.3 is 0 Å². The molecule has 6 nitrogen and oxygen atoms in total. The quantitative estimate of drug-likeness (QED) is 0.635. The Morgan fingerprint density at radius 2 is 1.90 bits per heavy atom. The Hall–Kier alpha value is -1.66. The summed E-state index contributed by atoms with van der Waals surface area (Å²) in [6.45, 7) is 6.95. The lowest BCUT2D eigenvalue weighted by Crippen LogP contribution is -2.50. The van der Waals surface area contributed by atoms with Crippen LogP contribution in [0.5, 0.6) is 0 Å². The van der Waals surface area contributed by atoms with E-state index in [9.17, 15) is 14.9 Å². The number of nitrogens with zero attached hydrogens (tertiary/aromatic N) is 3. The maximum absolute atomic E-state index is 12.5. The van der Waals surface area contributed by atoms with E-state index in [1.807, 2.05) is 0 Å². The standard InChI is InChI=1S/C14H18ClN3O3/c1-10(2)16-5-7-17(8-6-16)14(19)12-4-3-11(15)9-13(12)18(20)21/h3-4,9-10H,5-8H2,1-2H3. The van der Waals surface area contributed by atoms with Crippen LogP contribution in [-0.2, 0) is 0 Å². The van der Waals surface area contributed by atoms with E-state index in [0.29, 0.717) is 19.1 Å². The van der Waals surface area contributed by atoms with Crippen LogP contribution in [0.1, 0.15) is 24.2 Å². The van der Waals surface area contributed by atoms with E-state index in [1.165, 1.54) is 18.2 Å². The van der Waals surface area contributed by atoms with Gasteiger partial charge in [0.25, 0.3) is 11.6 Å². The molecule has 7 heteroatoms. The van der Waals surface area contributed by atoms with Crippen molar-refractivity contribution in [3.05, 3.63) is 38.9 Å². The number of nitro groups is 1. The van der Waals surface area contributed by atoms with Gasteiger partial charge in [0.05, 0.1) is 4.92 Å². The summed E-state index contributed by atoms with van der Waals surface area (Å²) in [5, 5.41) is 11.3. The van der Waals surface area contributed by atoms with Gasteiger partial charge in [-0.05, 0) is 26.0 Å². The molecule has 0 atom stereocenters. The number of hydrogen-bond donors (Lipinski definition) is 0. The van der Waals surface area contributed by atoms with E-state index in [1.54, 1.807) is 4.90 Å². The first-order chi connectivity index (χ1) is 9.90. The van der Waals surface area contributed by atoms with Crippen LogP contribution in [0.3, 0.4) is 0 Å². The van der Waals surface area contributed by atoms with E-state index in [-0.39, 0.29) is 22.2 Å². The predicted molar refractivity (Wildman–Crippen MR) is 80.7 cm³/mol. The molecule has 0 unspecified atom stereocenters. The van der Waals surface area contributed by atoms with Crippen molar-refractivity contribution < 1.29 is 9.72 Å². The number of hydrogen-bond acceptors (Lipinski definition) is 4. The van der Waals surface area contributed by atoms with Crippen LogP contribution >= 0.6 is 11.6 Å². The first-order valence-corrected chi connectivity index (χ1v) is 7.25. The van der Waals surface area contributed by atoms with E-state index in [4.69, 9.17) is 11.6 Å². The second kappa shape index (κ2) is 6.41. The molecule has 1 fully saturated rings. The highest BCUT2D eigenvalue weighted by molar-refractivity contribution is 6.31. The fourth-order valence-electron chi connectivity index (χ4n) is 2.45. The Kier molecular flexibility index (Phi) is 4.80. The molecule has 1 saturated heterocycles. The summed E-state index contributed by atoms with van der Waals surface area (Å²) in [5.41, 5.74) is -0.138. The highest BCUT2D eigenvalue weighted by Gasteiger charge is 2.28. The molecule has 1 amide bonds. The predicted octanol–water partition coefficient (Wildman–Crippen LogP) is 2.41. The van der Waals surface area contributed by atoms with Crippen molar-refractivity contribution in [3.63, 3.8) is 0 Å². The van der Waals surface area contributed by atoms with E-state index in [0.717, 1.165) is 13.1 Å². The molecule has 0 aliphatic carbocycles. The molecule has 114 valence electrons. The molecule has 1 aromatic rings. The summed E-state index contributed by atoms with van der Waals surface area (Å²) in [4.78, 5) is 26.9. The Morgan fingerprint density at radius 1 is 1.29 bits per heavy atom. The summed E-state index contributed by atoms with van der Waals surface area (Å²) < 4.78 is 0. The van der Waals surface area contributed by atoms with Crippen LogP contribution in [0.25, 0.3) is 0 Å². The van der Waals surface area contributed by atoms with Gasteiger partial charge in [0, 0.05) is 43.3 Å². The second-order valence-electron chi connectivity index (χ2n) is 5.34. The third-order valence-corrected chi connectivity index (χ3v) is 3.95. The van der Waals surface area contributed by atoms with Crippen molar-refractivity contribution >= 4 is 23.2 Å². The van der Waals surface area contributed by atoms with Gasteiger partial charge in [-0.15, -0.1) is 0 Å². The summed E-state index contributed by atoms with van der Waals surface area (Å²) in [5.74, 6) is -0.304. The zero-order chi connectivity index (χ0) is 15.6. The van der Waals surface area contributed by atoms with Gasteiger partial charge in [-0.2, -0.15) is 0 Å². The third-order valence-electron chi connectivity index (χ3n) is 3.72. The first kappa shape index (κ1) is 15.7. The van der Waals surface area contributed by atoms with Crippen molar-refractivity contribution in [2.75, 3.05) is 26.2 Å². The number of piperazine rings is 1. The Labute approximate surface area is 128 Å². The Morgan fingerprint density at radius 3 is 2.43 bits per heavy atom. The molecule has 21 heavy (non-hydrogen) atoms. The molecule has 0 radical (unpaired) electrons. The van der Waals surface area contributed by atoms with Gasteiger partial charge in [0.1, 0.15) is 5.56 Å². The molecule has 1 aromatic carbocycles. The Bertz CT molecular complexity index is 554. The van der Waals surface area contributed by atoms with Crippen molar-refractivity contribution in [2.45, 2.75) is 19.9 Å². The molecule has 0 N–H and O–H groups in total. The minimum atomic E-state index is -0.566. The molecule has 1 aliphatic rings. The summed E-state index contributed by atoms with van der Waals surface area (Å²) in [7, 11) is 0. The number of carbonyl (C=O) groups excluding carboxylic acids is 1. The lowest BCUT2D eigenvalue weighted by molar-refractivity contribution is -0.385. The van der Waals surface area contributed by atoms with E-state index >= 15 is 0 Å². The highest BCUT2D eigenvalue weighted by Crippen LogP contribution is 2.25. The second-order valence-corrected chi connectivity index (χ2v) is 5.78. The van der Waals surface area contributed by atoms with E-state index in [2.05, 4.69) is 18.7 Å². The summed E-state index contributed by atoms with van der Waals surface area (Å²) >= 11 is 5.77. The van der Waals surface area contributed by atoms with Crippen LogP contribution in [0, 0.1) is 10.1 Å². The number of nitro benzene ring substituents is 1. The SMILES string of the molecule is CC(C)N1CCN(C(=O)c2ccc(Cl)cc2[N+](=O)[O-])CC1. The number of rotatable bonds is 3. The largest absolute Gasteiger partial charge is 0.336 e. The highest BCUT2D eigenvalue weighted by atomic mass is 35.5. The maximum atomic E-state index is 12.5. The molecule has 0 bridgehead atoms. The Balaban J connectivity index is 2.16. The molecule has 0 saturated carbocycles. The van der Waals surface area contributed by atoms with Gasteiger partial charge in [0.2, 0.25) is 0 Å². The minimum absolute atomic E-state index is 0.0994. The van der Waals surface area contributed by atoms with Crippen molar-refractivity contribution in [1.82, 2.24) is 9.80 Å². The van der Waals surface area contributed by atoms with Crippen LogP contribution in [-0.4, -0.2) is 52.9 Å². The van der Waals surface area contributed by atoms with Gasteiger partial charge in [-0.25, -0.2) is 0 Å². The van der Waals surface area contributed by atoms with E-state index < -0.39 is 4.92 Å². The van der Waals surface area contributed by atoms with Crippen LogP contribution in [0.4, 0.5) is 5.69 Å². The smallest absolute Gasteiger partial charge is 0.283 e. The van der Waals surface area contributed by atoms with Gasteiger partial charge in [-0.1, -0.05) is 11.6 Å². The van der Waals surface area contributed by atoms with Gasteiger partial charge < -0.3 is 4.90 Å². The average Bonchev–Trinajstić information content (AvgIpc) is 2.46. The molecule has 1 heterocycles. The molecule has 0 spiro atoms. The number of amides is 1. The maximum Gasteiger partial charge on any atom is 0.283 e. The normalized spacial score (nSPS) is 16.3. The average molecular weight is 312 g/mol. The zero-order valence-electron chi connectivity index (χ0n) is 12.1. The van der Waals surface area contributed by atoms with Crippen molar-refractivity contribution in [1.29, 1.82) is 0 Å². The monoisotopic (exact) mass is 311 g/mol. The molecular weight excluding hydrogens is 294 g/mol. The topological polar surface area (TPSA) is 66.7 Å². The minimum Gasteiger partial charge on any atom is -0.336 e. The molecule has 0 aromatic heterocycles. The number of benzene rings is 1. The van der Waals surface area contributed by atoms with Crippen molar-refractivity contribution in [3.8, 4) is 0 Å². The summed E-state index contributed by atoms with van der Waals surface area (Å²) in [6.07, 6.45) is 0. The van der Waals surface area contributed by atoms with Crippen LogP contribution in [0.15, 0.2) is 18.2 Å². The molecule has 2 rings (SSSR count).